The van der Waals surface area contributed by atoms with Crippen molar-refractivity contribution in [2.24, 2.45) is 5.92 Å². The van der Waals surface area contributed by atoms with Crippen LogP contribution >= 0.6 is 0 Å². The molecular formula is C19H17F3N2O2. The second-order valence-corrected chi connectivity index (χ2v) is 6.23. The highest BCUT2D eigenvalue weighted by Crippen LogP contribution is 2.29. The Morgan fingerprint density at radius 1 is 1.00 bits per heavy atom. The number of carbonyl (C=O) groups excluding carboxylic acids is 2. The predicted molar refractivity (Wildman–Crippen MR) is 88.6 cm³/mol. The number of pyridine rings is 1. The Morgan fingerprint density at radius 3 is 2.19 bits per heavy atom. The van der Waals surface area contributed by atoms with Crippen LogP contribution in [0, 0.1) is 5.92 Å². The second kappa shape index (κ2) is 7.27. The van der Waals surface area contributed by atoms with Gasteiger partial charge in [0.15, 0.2) is 5.78 Å². The molecule has 1 aromatic carbocycles. The first-order chi connectivity index (χ1) is 12.4. The third-order valence-electron chi connectivity index (χ3n) is 4.52. The molecule has 0 N–H and O–H groups in total. The van der Waals surface area contributed by atoms with Gasteiger partial charge in [-0.25, -0.2) is 0 Å². The van der Waals surface area contributed by atoms with Crippen LogP contribution in [0.5, 0.6) is 0 Å². The van der Waals surface area contributed by atoms with Gasteiger partial charge in [-0.3, -0.25) is 14.6 Å². The monoisotopic (exact) mass is 362 g/mol. The highest BCUT2D eigenvalue weighted by molar-refractivity contribution is 5.98. The van der Waals surface area contributed by atoms with Crippen LogP contribution in [0.3, 0.4) is 0 Å². The molecule has 0 atom stereocenters. The minimum Gasteiger partial charge on any atom is -0.337 e. The summed E-state index contributed by atoms with van der Waals surface area (Å²) in [5.74, 6) is -0.503. The van der Waals surface area contributed by atoms with Gasteiger partial charge in [-0.15, -0.1) is 0 Å². The fourth-order valence-corrected chi connectivity index (χ4v) is 3.03. The smallest absolute Gasteiger partial charge is 0.337 e. The number of halogens is 3. The van der Waals surface area contributed by atoms with Gasteiger partial charge in [-0.1, -0.05) is 30.3 Å². The molecule has 1 aromatic heterocycles. The van der Waals surface area contributed by atoms with E-state index in [0.29, 0.717) is 37.7 Å². The Kier molecular flexibility index (Phi) is 5.06. The second-order valence-electron chi connectivity index (χ2n) is 6.23. The van der Waals surface area contributed by atoms with Gasteiger partial charge in [0, 0.05) is 30.8 Å². The molecular weight excluding hydrogens is 345 g/mol. The first kappa shape index (κ1) is 18.1. The van der Waals surface area contributed by atoms with Crippen molar-refractivity contribution < 1.29 is 22.8 Å². The first-order valence-corrected chi connectivity index (χ1v) is 8.28. The maximum Gasteiger partial charge on any atom is 0.417 e. The molecule has 136 valence electrons. The minimum atomic E-state index is -4.48. The van der Waals surface area contributed by atoms with E-state index in [0.717, 1.165) is 12.1 Å². The average molecular weight is 362 g/mol. The maximum atomic E-state index is 12.6. The normalized spacial score (nSPS) is 15.7. The molecule has 0 spiro atoms. The molecule has 0 unspecified atom stereocenters. The number of benzene rings is 1. The maximum absolute atomic E-state index is 12.6. The van der Waals surface area contributed by atoms with E-state index in [1.54, 1.807) is 12.1 Å². The van der Waals surface area contributed by atoms with Gasteiger partial charge < -0.3 is 4.90 Å². The highest BCUT2D eigenvalue weighted by atomic mass is 19.4. The van der Waals surface area contributed by atoms with Crippen molar-refractivity contribution in [3.8, 4) is 0 Å². The Balaban J connectivity index is 1.61. The Morgan fingerprint density at radius 2 is 1.65 bits per heavy atom. The average Bonchev–Trinajstić information content (AvgIpc) is 2.67. The quantitative estimate of drug-likeness (QED) is 0.780. The Hall–Kier alpha value is -2.70. The molecule has 0 bridgehead atoms. The topological polar surface area (TPSA) is 50.3 Å². The van der Waals surface area contributed by atoms with E-state index >= 15 is 0 Å². The molecule has 0 radical (unpaired) electrons. The van der Waals surface area contributed by atoms with E-state index in [-0.39, 0.29) is 17.4 Å². The van der Waals surface area contributed by atoms with Crippen LogP contribution in [0.15, 0.2) is 48.7 Å². The first-order valence-electron chi connectivity index (χ1n) is 8.28. The third kappa shape index (κ3) is 3.92. The number of aromatic nitrogens is 1. The van der Waals surface area contributed by atoms with Crippen LogP contribution in [0.25, 0.3) is 0 Å². The van der Waals surface area contributed by atoms with Gasteiger partial charge in [0.25, 0.3) is 5.91 Å². The molecule has 1 saturated heterocycles. The number of nitrogens with zero attached hydrogens (tertiary/aromatic N) is 2. The summed E-state index contributed by atoms with van der Waals surface area (Å²) >= 11 is 0. The van der Waals surface area contributed by atoms with Crippen LogP contribution in [0.4, 0.5) is 13.2 Å². The van der Waals surface area contributed by atoms with Crippen molar-refractivity contribution in [3.63, 3.8) is 0 Å². The van der Waals surface area contributed by atoms with Gasteiger partial charge in [-0.2, -0.15) is 13.2 Å². The largest absolute Gasteiger partial charge is 0.417 e. The molecule has 4 nitrogen and oxygen atoms in total. The zero-order valence-corrected chi connectivity index (χ0v) is 13.9. The summed E-state index contributed by atoms with van der Waals surface area (Å²) < 4.78 is 37.7. The van der Waals surface area contributed by atoms with E-state index in [2.05, 4.69) is 4.98 Å². The van der Waals surface area contributed by atoms with Gasteiger partial charge in [-0.05, 0) is 25.0 Å². The van der Waals surface area contributed by atoms with E-state index in [4.69, 9.17) is 0 Å². The summed E-state index contributed by atoms with van der Waals surface area (Å²) in [7, 11) is 0. The molecule has 26 heavy (non-hydrogen) atoms. The summed E-state index contributed by atoms with van der Waals surface area (Å²) in [5.41, 5.74) is -0.256. The van der Waals surface area contributed by atoms with Crippen LogP contribution in [-0.2, 0) is 6.18 Å². The number of hydrogen-bond acceptors (Lipinski definition) is 3. The van der Waals surface area contributed by atoms with Crippen molar-refractivity contribution in [2.45, 2.75) is 19.0 Å². The number of piperidine rings is 1. The van der Waals surface area contributed by atoms with Gasteiger partial charge in [0.2, 0.25) is 0 Å². The zero-order chi connectivity index (χ0) is 18.7. The number of likely N-dealkylation sites (tertiary alicyclic amines) is 1. The van der Waals surface area contributed by atoms with Crippen LogP contribution in [-0.4, -0.2) is 34.7 Å². The van der Waals surface area contributed by atoms with Crippen molar-refractivity contribution in [2.75, 3.05) is 13.1 Å². The van der Waals surface area contributed by atoms with E-state index < -0.39 is 17.6 Å². The van der Waals surface area contributed by atoms with E-state index in [1.807, 2.05) is 18.2 Å². The molecule has 1 aliphatic rings. The van der Waals surface area contributed by atoms with Crippen molar-refractivity contribution in [1.82, 2.24) is 9.88 Å². The number of carbonyl (C=O) groups is 2. The summed E-state index contributed by atoms with van der Waals surface area (Å²) in [6.07, 6.45) is -2.76. The van der Waals surface area contributed by atoms with Crippen molar-refractivity contribution in [1.29, 1.82) is 0 Å². The summed E-state index contributed by atoms with van der Waals surface area (Å²) in [6.45, 7) is 0.759. The van der Waals surface area contributed by atoms with Crippen molar-refractivity contribution >= 4 is 11.7 Å². The molecule has 3 rings (SSSR count). The molecule has 1 amide bonds. The predicted octanol–water partition coefficient (Wildman–Crippen LogP) is 3.84. The number of ketones is 1. The molecule has 0 saturated carbocycles. The summed E-state index contributed by atoms with van der Waals surface area (Å²) in [5, 5.41) is 0. The number of amides is 1. The lowest BCUT2D eigenvalue weighted by atomic mass is 9.89. The zero-order valence-electron chi connectivity index (χ0n) is 13.9. The number of rotatable bonds is 3. The standard InChI is InChI=1S/C19H17F3N2O2/c20-19(21,22)15-6-7-16(23-12-15)18(26)24-10-8-14(9-11-24)17(25)13-4-2-1-3-5-13/h1-7,12,14H,8-11H2. The Labute approximate surface area is 148 Å². The molecule has 0 aliphatic carbocycles. The summed E-state index contributed by atoms with van der Waals surface area (Å²) in [6, 6.07) is 10.9. The fraction of sp³-hybridized carbons (Fsp3) is 0.316. The molecule has 2 heterocycles. The summed E-state index contributed by atoms with van der Waals surface area (Å²) in [4.78, 5) is 30.0. The van der Waals surface area contributed by atoms with Crippen LogP contribution in [0.2, 0.25) is 0 Å². The molecule has 1 fully saturated rings. The van der Waals surface area contributed by atoms with E-state index in [1.165, 1.54) is 4.90 Å². The molecule has 7 heteroatoms. The Bertz CT molecular complexity index is 781. The number of Topliss-reactive ketones (excluding diaryl/α,β-unsaturated/α-hetero) is 1. The fourth-order valence-electron chi connectivity index (χ4n) is 3.03. The third-order valence-corrected chi connectivity index (χ3v) is 4.52. The van der Waals surface area contributed by atoms with E-state index in [9.17, 15) is 22.8 Å². The number of alkyl halides is 3. The van der Waals surface area contributed by atoms with Gasteiger partial charge in [0.1, 0.15) is 5.69 Å². The van der Waals surface area contributed by atoms with Gasteiger partial charge >= 0.3 is 6.18 Å². The lowest BCUT2D eigenvalue weighted by Crippen LogP contribution is -2.40. The lowest BCUT2D eigenvalue weighted by molar-refractivity contribution is -0.137. The lowest BCUT2D eigenvalue weighted by Gasteiger charge is -2.31. The molecule has 2 aromatic rings. The highest BCUT2D eigenvalue weighted by Gasteiger charge is 2.32. The van der Waals surface area contributed by atoms with Crippen LogP contribution < -0.4 is 0 Å². The minimum absolute atomic E-state index is 0.0224. The van der Waals surface area contributed by atoms with Crippen molar-refractivity contribution in [3.05, 3.63) is 65.5 Å². The molecule has 1 aliphatic heterocycles. The number of hydrogen-bond donors (Lipinski definition) is 0. The van der Waals surface area contributed by atoms with Gasteiger partial charge in [0.05, 0.1) is 5.56 Å². The van der Waals surface area contributed by atoms with Crippen LogP contribution in [0.1, 0.15) is 39.3 Å². The SMILES string of the molecule is O=C(c1ccccc1)C1CCN(C(=O)c2ccc(C(F)(F)F)cn2)CC1.